The summed E-state index contributed by atoms with van der Waals surface area (Å²) in [5, 5.41) is 2.10. The first-order valence-corrected chi connectivity index (χ1v) is 4.88. The van der Waals surface area contributed by atoms with E-state index in [-0.39, 0.29) is 0 Å². The van der Waals surface area contributed by atoms with Crippen LogP contribution in [-0.4, -0.2) is 14.5 Å². The van der Waals surface area contributed by atoms with Crippen molar-refractivity contribution in [2.45, 2.75) is 0 Å². The lowest BCUT2D eigenvalue weighted by molar-refractivity contribution is 0.986. The Morgan fingerprint density at radius 2 is 2.19 bits per heavy atom. The quantitative estimate of drug-likeness (QED) is 0.532. The second-order valence-corrected chi connectivity index (χ2v) is 3.61. The first-order valence-electron chi connectivity index (χ1n) is 4.88. The Morgan fingerprint density at radius 3 is 3.00 bits per heavy atom. The number of hydrogen-bond donors (Lipinski definition) is 0. The highest BCUT2D eigenvalue weighted by atomic mass is 15.0. The van der Waals surface area contributed by atoms with Crippen LogP contribution in [0.5, 0.6) is 0 Å². The van der Waals surface area contributed by atoms with Crippen LogP contribution in [0.3, 0.4) is 0 Å². The summed E-state index contributed by atoms with van der Waals surface area (Å²) in [6.45, 7) is 6.97. The van der Waals surface area contributed by atoms with E-state index in [0.717, 1.165) is 21.9 Å². The number of fused-ring (bicyclic) bond motifs is 3. The maximum absolute atomic E-state index is 6.97. The zero-order valence-electron chi connectivity index (χ0n) is 8.68. The number of aryl methyl sites for hydroxylation is 1. The summed E-state index contributed by atoms with van der Waals surface area (Å²) >= 11 is 0. The predicted octanol–water partition coefficient (Wildman–Crippen LogP) is 2.67. The molecule has 3 rings (SSSR count). The molecule has 4 nitrogen and oxygen atoms in total. The van der Waals surface area contributed by atoms with E-state index < -0.39 is 0 Å². The van der Waals surface area contributed by atoms with Crippen LogP contribution >= 0.6 is 0 Å². The molecule has 0 spiro atoms. The van der Waals surface area contributed by atoms with Crippen LogP contribution in [0.25, 0.3) is 26.8 Å². The van der Waals surface area contributed by atoms with Gasteiger partial charge in [0.25, 0.3) is 5.82 Å². The molecule has 0 amide bonds. The van der Waals surface area contributed by atoms with Gasteiger partial charge in [-0.15, -0.1) is 4.98 Å². The third-order valence-corrected chi connectivity index (χ3v) is 2.74. The summed E-state index contributed by atoms with van der Waals surface area (Å²) in [6.07, 6.45) is 3.49. The zero-order valence-corrected chi connectivity index (χ0v) is 8.68. The van der Waals surface area contributed by atoms with E-state index >= 15 is 0 Å². The van der Waals surface area contributed by atoms with E-state index in [2.05, 4.69) is 14.8 Å². The number of pyridine rings is 2. The third kappa shape index (κ3) is 1.03. The summed E-state index contributed by atoms with van der Waals surface area (Å²) in [6, 6.07) is 5.73. The lowest BCUT2D eigenvalue weighted by Gasteiger charge is -1.93. The molecule has 76 valence electrons. The summed E-state index contributed by atoms with van der Waals surface area (Å²) in [5.41, 5.74) is 1.92. The maximum Gasteiger partial charge on any atom is 0.270 e. The van der Waals surface area contributed by atoms with E-state index in [4.69, 9.17) is 6.57 Å². The van der Waals surface area contributed by atoms with Gasteiger partial charge in [-0.25, -0.2) is 4.98 Å². The van der Waals surface area contributed by atoms with Crippen molar-refractivity contribution >= 4 is 27.8 Å². The summed E-state index contributed by atoms with van der Waals surface area (Å²) in [4.78, 5) is 11.8. The van der Waals surface area contributed by atoms with Gasteiger partial charge in [0.1, 0.15) is 11.8 Å². The molecule has 0 radical (unpaired) electrons. The smallest absolute Gasteiger partial charge is 0.270 e. The fourth-order valence-electron chi connectivity index (χ4n) is 1.97. The second kappa shape index (κ2) is 3.04. The molecule has 0 fully saturated rings. The highest BCUT2D eigenvalue weighted by Crippen LogP contribution is 2.28. The number of hydrogen-bond acceptors (Lipinski definition) is 2. The summed E-state index contributed by atoms with van der Waals surface area (Å²) in [7, 11) is 1.96. The Bertz CT molecular complexity index is 734. The van der Waals surface area contributed by atoms with E-state index in [9.17, 15) is 0 Å². The molecule has 0 bridgehead atoms. The molecule has 0 saturated carbocycles. The molecule has 0 aromatic carbocycles. The molecule has 0 aliphatic carbocycles. The lowest BCUT2D eigenvalue weighted by atomic mass is 10.2. The predicted molar refractivity (Wildman–Crippen MR) is 62.3 cm³/mol. The molecule has 3 heterocycles. The summed E-state index contributed by atoms with van der Waals surface area (Å²) in [5.74, 6) is 0.420. The maximum atomic E-state index is 6.97. The summed E-state index contributed by atoms with van der Waals surface area (Å²) < 4.78 is 1.99. The molecule has 0 aliphatic rings. The fourth-order valence-corrected chi connectivity index (χ4v) is 1.97. The molecule has 16 heavy (non-hydrogen) atoms. The van der Waals surface area contributed by atoms with Gasteiger partial charge in [0, 0.05) is 24.0 Å². The van der Waals surface area contributed by atoms with Crippen LogP contribution in [-0.2, 0) is 7.05 Å². The van der Waals surface area contributed by atoms with Crippen molar-refractivity contribution in [2.24, 2.45) is 7.05 Å². The van der Waals surface area contributed by atoms with Crippen LogP contribution in [0.1, 0.15) is 0 Å². The minimum atomic E-state index is 0.420. The standard InChI is InChI=1S/C12H8N4/c1-13-11-6-9-8-4-3-5-14-12(8)16(2)10(9)7-15-11/h3-7H,2H3. The van der Waals surface area contributed by atoms with E-state index in [1.165, 1.54) is 0 Å². The first kappa shape index (κ1) is 8.86. The number of nitrogens with zero attached hydrogens (tertiary/aromatic N) is 4. The molecule has 3 aromatic heterocycles. The topological polar surface area (TPSA) is 35.1 Å². The van der Waals surface area contributed by atoms with Crippen molar-refractivity contribution in [2.75, 3.05) is 0 Å². The molecule has 4 heteroatoms. The van der Waals surface area contributed by atoms with Crippen molar-refractivity contribution in [3.8, 4) is 0 Å². The van der Waals surface area contributed by atoms with Gasteiger partial charge in [0.2, 0.25) is 0 Å². The van der Waals surface area contributed by atoms with Crippen LogP contribution in [0, 0.1) is 6.57 Å². The molecular weight excluding hydrogens is 200 g/mol. The van der Waals surface area contributed by atoms with Gasteiger partial charge in [0.15, 0.2) is 0 Å². The monoisotopic (exact) mass is 208 g/mol. The largest absolute Gasteiger partial charge is 0.361 e. The van der Waals surface area contributed by atoms with Crippen molar-refractivity contribution in [3.05, 3.63) is 42.0 Å². The van der Waals surface area contributed by atoms with E-state index in [1.54, 1.807) is 12.4 Å². The van der Waals surface area contributed by atoms with E-state index in [0.29, 0.717) is 5.82 Å². The van der Waals surface area contributed by atoms with Gasteiger partial charge in [-0.2, -0.15) is 0 Å². The van der Waals surface area contributed by atoms with Gasteiger partial charge in [-0.05, 0) is 18.2 Å². The number of aromatic nitrogens is 3. The molecule has 0 N–H and O–H groups in total. The van der Waals surface area contributed by atoms with Crippen molar-refractivity contribution in [1.82, 2.24) is 14.5 Å². The van der Waals surface area contributed by atoms with Crippen molar-refractivity contribution in [1.29, 1.82) is 0 Å². The minimum absolute atomic E-state index is 0.420. The molecular formula is C12H8N4. The van der Waals surface area contributed by atoms with Crippen LogP contribution in [0.2, 0.25) is 0 Å². The van der Waals surface area contributed by atoms with Gasteiger partial charge in [0.05, 0.1) is 5.52 Å². The highest BCUT2D eigenvalue weighted by Gasteiger charge is 2.10. The molecule has 0 aliphatic heterocycles. The Hall–Kier alpha value is -2.41. The van der Waals surface area contributed by atoms with Crippen molar-refractivity contribution < 1.29 is 0 Å². The Kier molecular flexibility index (Phi) is 1.68. The number of rotatable bonds is 0. The van der Waals surface area contributed by atoms with E-state index in [1.807, 2.05) is 29.8 Å². The zero-order chi connectivity index (χ0) is 11.1. The van der Waals surface area contributed by atoms with Gasteiger partial charge < -0.3 is 9.41 Å². The highest BCUT2D eigenvalue weighted by molar-refractivity contribution is 6.07. The average molecular weight is 208 g/mol. The normalized spacial score (nSPS) is 10.8. The van der Waals surface area contributed by atoms with Gasteiger partial charge >= 0.3 is 0 Å². The Labute approximate surface area is 92.0 Å². The third-order valence-electron chi connectivity index (χ3n) is 2.74. The van der Waals surface area contributed by atoms with Gasteiger partial charge in [-0.1, -0.05) is 6.57 Å². The molecule has 0 saturated heterocycles. The van der Waals surface area contributed by atoms with Gasteiger partial charge in [-0.3, -0.25) is 0 Å². The van der Waals surface area contributed by atoms with Crippen LogP contribution in [0.4, 0.5) is 5.82 Å². The lowest BCUT2D eigenvalue weighted by Crippen LogP contribution is -1.88. The Morgan fingerprint density at radius 1 is 1.31 bits per heavy atom. The second-order valence-electron chi connectivity index (χ2n) is 3.61. The molecule has 3 aromatic rings. The SMILES string of the molecule is [C-]#[N+]c1cc2c3cccnc3n(C)c2cn1. The van der Waals surface area contributed by atoms with Crippen LogP contribution < -0.4 is 0 Å². The van der Waals surface area contributed by atoms with Crippen molar-refractivity contribution in [3.63, 3.8) is 0 Å². The molecule has 0 atom stereocenters. The molecule has 0 unspecified atom stereocenters. The fraction of sp³-hybridized carbons (Fsp3) is 0.0833. The minimum Gasteiger partial charge on any atom is -0.361 e. The Balaban J connectivity index is 2.58. The first-order chi connectivity index (χ1) is 7.81. The average Bonchev–Trinajstić information content (AvgIpc) is 2.64. The van der Waals surface area contributed by atoms with Crippen LogP contribution in [0.15, 0.2) is 30.6 Å².